The maximum Gasteiger partial charge on any atom is 0.534 e. The molecule has 2 fully saturated rings. The van der Waals surface area contributed by atoms with Gasteiger partial charge in [-0.15, -0.1) is 0 Å². The van der Waals surface area contributed by atoms with Crippen LogP contribution in [0.25, 0.3) is 44.6 Å². The second-order valence-corrected chi connectivity index (χ2v) is 14.4. The molecule has 8 rings (SSSR count). The summed E-state index contributed by atoms with van der Waals surface area (Å²) in [5.41, 5.74) is 2.92. The molecule has 0 unspecified atom stereocenters. The Morgan fingerprint density at radius 1 is 0.735 bits per heavy atom. The highest BCUT2D eigenvalue weighted by Crippen LogP contribution is 2.35. The van der Waals surface area contributed by atoms with Gasteiger partial charge in [0.15, 0.2) is 5.82 Å². The maximum absolute atomic E-state index is 12.4. The van der Waals surface area contributed by atoms with Crippen LogP contribution < -0.4 is 4.18 Å². The number of aromatic amines is 3. The van der Waals surface area contributed by atoms with E-state index in [2.05, 4.69) is 53.2 Å². The van der Waals surface area contributed by atoms with Crippen molar-refractivity contribution < 1.29 is 25.8 Å². The van der Waals surface area contributed by atoms with E-state index in [-0.39, 0.29) is 5.92 Å². The zero-order valence-electron chi connectivity index (χ0n) is 27.1. The predicted molar refractivity (Wildman–Crippen MR) is 182 cm³/mol. The van der Waals surface area contributed by atoms with E-state index in [1.807, 2.05) is 37.4 Å². The van der Waals surface area contributed by atoms with Crippen molar-refractivity contribution in [3.63, 3.8) is 0 Å². The summed E-state index contributed by atoms with van der Waals surface area (Å²) in [6.07, 6.45) is 8.11. The Hall–Kier alpha value is -4.47. The third kappa shape index (κ3) is 6.87. The first-order valence-electron chi connectivity index (χ1n) is 16.2. The summed E-state index contributed by atoms with van der Waals surface area (Å²) >= 11 is 0. The average Bonchev–Trinajstić information content (AvgIpc) is 3.82. The number of nitrogens with zero attached hydrogens (tertiary/aromatic N) is 5. The Kier molecular flexibility index (Phi) is 8.83. The number of fused-ring (bicyclic) bond motifs is 3. The van der Waals surface area contributed by atoms with Crippen molar-refractivity contribution in [1.29, 1.82) is 0 Å². The van der Waals surface area contributed by atoms with Gasteiger partial charge in [-0.05, 0) is 119 Å². The molecule has 258 valence electrons. The minimum atomic E-state index is -5.73. The molecule has 49 heavy (non-hydrogen) atoms. The Morgan fingerprint density at radius 2 is 1.29 bits per heavy atom. The number of hydrogen-bond donors (Lipinski definition) is 3. The molecule has 6 aromatic rings. The van der Waals surface area contributed by atoms with Gasteiger partial charge in [-0.1, -0.05) is 12.1 Å². The van der Waals surface area contributed by atoms with E-state index in [9.17, 15) is 21.6 Å². The summed E-state index contributed by atoms with van der Waals surface area (Å²) in [6.45, 7) is 4.13. The number of H-pyrrole nitrogens is 3. The largest absolute Gasteiger partial charge is 0.534 e. The van der Waals surface area contributed by atoms with E-state index in [0.717, 1.165) is 84.2 Å². The van der Waals surface area contributed by atoms with E-state index >= 15 is 0 Å². The van der Waals surface area contributed by atoms with Crippen molar-refractivity contribution >= 4 is 43.2 Å². The predicted octanol–water partition coefficient (Wildman–Crippen LogP) is 6.52. The molecule has 0 radical (unpaired) electrons. The van der Waals surface area contributed by atoms with Crippen LogP contribution in [0.1, 0.15) is 48.6 Å². The van der Waals surface area contributed by atoms with E-state index in [4.69, 9.17) is 9.97 Å². The van der Waals surface area contributed by atoms with Gasteiger partial charge in [0.1, 0.15) is 5.69 Å². The number of hydrogen-bond acceptors (Lipinski definition) is 8. The number of nitrogens with one attached hydrogen (secondary N) is 3. The number of aromatic nitrogens is 6. The maximum atomic E-state index is 12.4. The van der Waals surface area contributed by atoms with E-state index in [0.29, 0.717) is 17.0 Å². The molecule has 2 aliphatic rings. The molecule has 5 aromatic heterocycles. The molecule has 2 saturated heterocycles. The fourth-order valence-electron chi connectivity index (χ4n) is 6.69. The summed E-state index contributed by atoms with van der Waals surface area (Å²) in [4.78, 5) is 28.0. The van der Waals surface area contributed by atoms with Crippen LogP contribution in [0.3, 0.4) is 0 Å². The third-order valence-corrected chi connectivity index (χ3v) is 10.5. The van der Waals surface area contributed by atoms with Crippen molar-refractivity contribution in [1.82, 2.24) is 39.7 Å². The Labute approximate surface area is 281 Å². The number of rotatable bonds is 5. The first kappa shape index (κ1) is 33.0. The molecule has 7 heterocycles. The van der Waals surface area contributed by atoms with Gasteiger partial charge in [-0.3, -0.25) is 0 Å². The first-order chi connectivity index (χ1) is 23.4. The van der Waals surface area contributed by atoms with Crippen LogP contribution in [-0.2, 0) is 10.1 Å². The lowest BCUT2D eigenvalue weighted by atomic mass is 9.90. The minimum Gasteiger partial charge on any atom is -0.360 e. The molecule has 0 saturated carbocycles. The average molecular weight is 695 g/mol. The Balaban J connectivity index is 0.000000155. The molecule has 0 atom stereocenters. The molecule has 0 bridgehead atoms. The van der Waals surface area contributed by atoms with Crippen LogP contribution in [0.2, 0.25) is 0 Å². The van der Waals surface area contributed by atoms with Gasteiger partial charge in [0.05, 0.1) is 33.1 Å². The highest BCUT2D eigenvalue weighted by molar-refractivity contribution is 7.87. The van der Waals surface area contributed by atoms with E-state index in [1.54, 1.807) is 6.20 Å². The van der Waals surface area contributed by atoms with Gasteiger partial charge >= 0.3 is 15.6 Å². The van der Waals surface area contributed by atoms with E-state index in [1.165, 1.54) is 24.5 Å². The monoisotopic (exact) mass is 694 g/mol. The molecular weight excluding hydrogens is 657 g/mol. The van der Waals surface area contributed by atoms with Crippen molar-refractivity contribution in [2.45, 2.75) is 43.0 Å². The Bertz CT molecular complexity index is 2160. The van der Waals surface area contributed by atoms with Gasteiger partial charge in [-0.2, -0.15) is 21.6 Å². The minimum absolute atomic E-state index is 0.219. The lowest BCUT2D eigenvalue weighted by Gasteiger charge is -2.28. The third-order valence-electron chi connectivity index (χ3n) is 9.51. The van der Waals surface area contributed by atoms with Crippen LogP contribution in [0.5, 0.6) is 5.88 Å². The molecule has 11 nitrogen and oxygen atoms in total. The number of pyridine rings is 2. The highest BCUT2D eigenvalue weighted by Gasteiger charge is 2.49. The van der Waals surface area contributed by atoms with Crippen LogP contribution in [-0.4, -0.2) is 93.9 Å². The second kappa shape index (κ2) is 13.1. The molecule has 0 aliphatic carbocycles. The van der Waals surface area contributed by atoms with Gasteiger partial charge in [0.25, 0.3) is 0 Å². The zero-order chi connectivity index (χ0) is 34.3. The van der Waals surface area contributed by atoms with Crippen molar-refractivity contribution in [2.24, 2.45) is 0 Å². The van der Waals surface area contributed by atoms with Gasteiger partial charge < -0.3 is 28.9 Å². The SMILES string of the molecule is CN1CCC(c2c[nH]c3ccc(-c4nc5ccccc5[nH]4)nc23)CC1.CN1CCC(c2c[nH]c3ccc(OS(=O)(=O)C(F)(F)F)nc23)CC1. The lowest BCUT2D eigenvalue weighted by Crippen LogP contribution is -2.29. The Morgan fingerprint density at radius 3 is 1.86 bits per heavy atom. The smallest absolute Gasteiger partial charge is 0.360 e. The van der Waals surface area contributed by atoms with Crippen molar-refractivity contribution in [3.05, 3.63) is 72.1 Å². The fourth-order valence-corrected chi connectivity index (χ4v) is 7.11. The second-order valence-electron chi connectivity index (χ2n) is 12.9. The topological polar surface area (TPSA) is 136 Å². The number of likely N-dealkylation sites (tertiary alicyclic amines) is 2. The quantitative estimate of drug-likeness (QED) is 0.137. The number of imidazole rings is 1. The summed E-state index contributed by atoms with van der Waals surface area (Å²) in [6, 6.07) is 14.8. The number of alkyl halides is 3. The van der Waals surface area contributed by atoms with Gasteiger partial charge in [0, 0.05) is 18.5 Å². The number of benzene rings is 1. The summed E-state index contributed by atoms with van der Waals surface area (Å²) < 4.78 is 63.6. The molecule has 2 aliphatic heterocycles. The number of para-hydroxylation sites is 2. The van der Waals surface area contributed by atoms with Crippen molar-refractivity contribution in [2.75, 3.05) is 40.3 Å². The van der Waals surface area contributed by atoms with Crippen LogP contribution in [0.4, 0.5) is 13.2 Å². The lowest BCUT2D eigenvalue weighted by molar-refractivity contribution is -0.0501. The van der Waals surface area contributed by atoms with Crippen molar-refractivity contribution in [3.8, 4) is 17.4 Å². The van der Waals surface area contributed by atoms with Crippen LogP contribution in [0, 0.1) is 0 Å². The number of piperidine rings is 2. The zero-order valence-corrected chi connectivity index (χ0v) is 27.9. The molecule has 1 aromatic carbocycles. The molecular formula is C34H37F3N8O3S. The summed E-state index contributed by atoms with van der Waals surface area (Å²) in [7, 11) is -1.50. The van der Waals surface area contributed by atoms with Crippen LogP contribution >= 0.6 is 0 Å². The standard InChI is InChI=1S/C20H21N5.C14H16F3N3O3S/c1-25-10-8-13(9-11-25)14-12-21-17-6-7-18(22-19(14)17)20-23-15-4-2-3-5-16(15)24-20;1-20-6-4-9(5-7-20)10-8-18-11-2-3-12(19-13(10)11)23-24(21,22)14(15,16)17/h2-7,12-13,21H,8-11H2,1H3,(H,23,24);2-3,8-9,18H,4-7H2,1H3. The molecule has 15 heteroatoms. The van der Waals surface area contributed by atoms with Gasteiger partial charge in [-0.25, -0.2) is 15.0 Å². The summed E-state index contributed by atoms with van der Waals surface area (Å²) in [5, 5.41) is 0. The molecule has 0 amide bonds. The normalized spacial score (nSPS) is 17.5. The van der Waals surface area contributed by atoms with Crippen LogP contribution in [0.15, 0.2) is 60.9 Å². The first-order valence-corrected chi connectivity index (χ1v) is 17.6. The molecule has 0 spiro atoms. The number of halogens is 3. The fraction of sp³-hybridized carbons (Fsp3) is 0.382. The highest BCUT2D eigenvalue weighted by atomic mass is 32.2. The summed E-state index contributed by atoms with van der Waals surface area (Å²) in [5.74, 6) is 1.05. The van der Waals surface area contributed by atoms with Gasteiger partial charge in [0.2, 0.25) is 5.88 Å². The molecule has 3 N–H and O–H groups in total. The van der Waals surface area contributed by atoms with E-state index < -0.39 is 21.5 Å².